The van der Waals surface area contributed by atoms with Crippen molar-refractivity contribution in [1.29, 1.82) is 0 Å². The van der Waals surface area contributed by atoms with Crippen molar-refractivity contribution in [2.24, 2.45) is 0 Å². The van der Waals surface area contributed by atoms with Crippen LogP contribution in [0.5, 0.6) is 0 Å². The van der Waals surface area contributed by atoms with Gasteiger partial charge in [-0.15, -0.1) is 0 Å². The summed E-state index contributed by atoms with van der Waals surface area (Å²) in [6, 6.07) is 18.9. The molecule has 1 heterocycles. The molecule has 122 valence electrons. The number of cyclic esters (lactones) is 2. The first-order chi connectivity index (χ1) is 11.6. The Balaban J connectivity index is 1.71. The molecule has 0 bridgehead atoms. The summed E-state index contributed by atoms with van der Waals surface area (Å²) in [6.45, 7) is 1.62. The van der Waals surface area contributed by atoms with Gasteiger partial charge in [-0.2, -0.15) is 0 Å². The van der Waals surface area contributed by atoms with Crippen LogP contribution in [-0.4, -0.2) is 17.7 Å². The molecule has 2 aromatic rings. The summed E-state index contributed by atoms with van der Waals surface area (Å²) in [4.78, 5) is 24.5. The molecule has 1 aliphatic rings. The molecule has 0 aromatic heterocycles. The Labute approximate surface area is 140 Å². The third-order valence-electron chi connectivity index (χ3n) is 3.88. The number of ether oxygens (including phenoxy) is 2. The van der Waals surface area contributed by atoms with Crippen molar-refractivity contribution in [3.63, 3.8) is 0 Å². The van der Waals surface area contributed by atoms with Crippen LogP contribution < -0.4 is 0 Å². The Hall–Kier alpha value is -2.88. The molecule has 0 saturated carbocycles. The highest BCUT2D eigenvalue weighted by molar-refractivity contribution is 6.18. The van der Waals surface area contributed by atoms with Crippen molar-refractivity contribution in [3.8, 4) is 0 Å². The van der Waals surface area contributed by atoms with Gasteiger partial charge in [0.05, 0.1) is 0 Å². The van der Waals surface area contributed by atoms with Crippen molar-refractivity contribution >= 4 is 18.0 Å². The zero-order valence-electron chi connectivity index (χ0n) is 13.4. The van der Waals surface area contributed by atoms with Crippen LogP contribution in [0.15, 0.2) is 66.2 Å². The largest absolute Gasteiger partial charge is 0.419 e. The van der Waals surface area contributed by atoms with E-state index in [2.05, 4.69) is 0 Å². The number of hydrogen-bond acceptors (Lipinski definition) is 4. The summed E-state index contributed by atoms with van der Waals surface area (Å²) in [5, 5.41) is 0. The van der Waals surface area contributed by atoms with E-state index in [4.69, 9.17) is 9.47 Å². The van der Waals surface area contributed by atoms with Crippen LogP contribution in [0.1, 0.15) is 24.5 Å². The molecule has 0 spiro atoms. The van der Waals surface area contributed by atoms with E-state index in [0.717, 1.165) is 11.1 Å². The summed E-state index contributed by atoms with van der Waals surface area (Å²) < 4.78 is 10.8. The zero-order chi connectivity index (χ0) is 17.0. The van der Waals surface area contributed by atoms with Gasteiger partial charge in [0, 0.05) is 13.3 Å². The molecule has 1 saturated heterocycles. The number of benzene rings is 2. The molecule has 0 atom stereocenters. The first kappa shape index (κ1) is 16.0. The average molecular weight is 322 g/mol. The fraction of sp³-hybridized carbons (Fsp3) is 0.200. The molecule has 1 aliphatic heterocycles. The SMILES string of the molecule is CC1(CCc2ccccc2)OC(=O)C(=Cc2ccccc2)C(=O)O1. The van der Waals surface area contributed by atoms with E-state index in [1.807, 2.05) is 48.5 Å². The van der Waals surface area contributed by atoms with Crippen LogP contribution >= 0.6 is 0 Å². The average Bonchev–Trinajstić information content (AvgIpc) is 2.58. The maximum atomic E-state index is 12.2. The van der Waals surface area contributed by atoms with Gasteiger partial charge in [0.15, 0.2) is 0 Å². The minimum Gasteiger partial charge on any atom is -0.419 e. The fourth-order valence-electron chi connectivity index (χ4n) is 2.56. The maximum absolute atomic E-state index is 12.2. The Morgan fingerprint density at radius 1 is 0.875 bits per heavy atom. The van der Waals surface area contributed by atoms with E-state index in [1.54, 1.807) is 19.1 Å². The molecule has 4 nitrogen and oxygen atoms in total. The highest BCUT2D eigenvalue weighted by Crippen LogP contribution is 2.28. The minimum atomic E-state index is -1.24. The maximum Gasteiger partial charge on any atom is 0.348 e. The lowest BCUT2D eigenvalue weighted by molar-refractivity contribution is -0.230. The second-order valence-corrected chi connectivity index (χ2v) is 5.87. The van der Waals surface area contributed by atoms with Crippen molar-refractivity contribution in [2.75, 3.05) is 0 Å². The van der Waals surface area contributed by atoms with Gasteiger partial charge < -0.3 is 9.47 Å². The topological polar surface area (TPSA) is 52.6 Å². The van der Waals surface area contributed by atoms with Gasteiger partial charge in [-0.25, -0.2) is 9.59 Å². The predicted octanol–water partition coefficient (Wildman–Crippen LogP) is 3.52. The van der Waals surface area contributed by atoms with Gasteiger partial charge >= 0.3 is 11.9 Å². The second kappa shape index (κ2) is 6.71. The lowest BCUT2D eigenvalue weighted by Gasteiger charge is -2.33. The Morgan fingerprint density at radius 3 is 2.00 bits per heavy atom. The van der Waals surface area contributed by atoms with Crippen LogP contribution in [0, 0.1) is 0 Å². The van der Waals surface area contributed by atoms with Gasteiger partial charge in [0.1, 0.15) is 5.57 Å². The Morgan fingerprint density at radius 2 is 1.42 bits per heavy atom. The van der Waals surface area contributed by atoms with Crippen LogP contribution in [0.3, 0.4) is 0 Å². The molecule has 4 heteroatoms. The standard InChI is InChI=1S/C20H18O4/c1-20(13-12-15-8-4-2-5-9-15)23-18(21)17(19(22)24-20)14-16-10-6-3-7-11-16/h2-11,14H,12-13H2,1H3. The molecule has 0 N–H and O–H groups in total. The van der Waals surface area contributed by atoms with Gasteiger partial charge in [-0.1, -0.05) is 60.7 Å². The van der Waals surface area contributed by atoms with Gasteiger partial charge in [-0.05, 0) is 23.6 Å². The lowest BCUT2D eigenvalue weighted by Crippen LogP contribution is -2.44. The number of esters is 2. The number of hydrogen-bond donors (Lipinski definition) is 0. The fourth-order valence-corrected chi connectivity index (χ4v) is 2.56. The van der Waals surface area contributed by atoms with Crippen LogP contribution in [0.25, 0.3) is 6.08 Å². The molecular formula is C20H18O4. The normalized spacial score (nSPS) is 20.3. The van der Waals surface area contributed by atoms with Gasteiger partial charge in [0.25, 0.3) is 5.79 Å². The molecule has 0 amide bonds. The van der Waals surface area contributed by atoms with Gasteiger partial charge in [-0.3, -0.25) is 0 Å². The molecule has 3 rings (SSSR count). The zero-order valence-corrected chi connectivity index (χ0v) is 13.4. The molecule has 0 radical (unpaired) electrons. The smallest absolute Gasteiger partial charge is 0.348 e. The quantitative estimate of drug-likeness (QED) is 0.491. The molecular weight excluding hydrogens is 304 g/mol. The molecule has 2 aromatic carbocycles. The number of aryl methyl sites for hydroxylation is 1. The molecule has 1 fully saturated rings. The van der Waals surface area contributed by atoms with E-state index in [0.29, 0.717) is 12.8 Å². The summed E-state index contributed by atoms with van der Waals surface area (Å²) in [6.07, 6.45) is 2.55. The van der Waals surface area contributed by atoms with E-state index in [9.17, 15) is 9.59 Å². The van der Waals surface area contributed by atoms with Gasteiger partial charge in [0.2, 0.25) is 0 Å². The van der Waals surface area contributed by atoms with E-state index >= 15 is 0 Å². The summed E-state index contributed by atoms with van der Waals surface area (Å²) >= 11 is 0. The van der Waals surface area contributed by atoms with Crippen LogP contribution in [0.4, 0.5) is 0 Å². The third kappa shape index (κ3) is 3.71. The molecule has 0 aliphatic carbocycles. The van der Waals surface area contributed by atoms with E-state index in [1.165, 1.54) is 6.08 Å². The van der Waals surface area contributed by atoms with Crippen LogP contribution in [-0.2, 0) is 25.5 Å². The highest BCUT2D eigenvalue weighted by atomic mass is 16.7. The third-order valence-corrected chi connectivity index (χ3v) is 3.88. The van der Waals surface area contributed by atoms with Crippen LogP contribution in [0.2, 0.25) is 0 Å². The Kier molecular flexibility index (Phi) is 4.47. The molecule has 0 unspecified atom stereocenters. The monoisotopic (exact) mass is 322 g/mol. The van der Waals surface area contributed by atoms with Crippen molar-refractivity contribution in [2.45, 2.75) is 25.6 Å². The summed E-state index contributed by atoms with van der Waals surface area (Å²) in [7, 11) is 0. The first-order valence-electron chi connectivity index (χ1n) is 7.83. The minimum absolute atomic E-state index is 0.0848. The van der Waals surface area contributed by atoms with Crippen molar-refractivity contribution in [1.82, 2.24) is 0 Å². The van der Waals surface area contributed by atoms with E-state index in [-0.39, 0.29) is 5.57 Å². The lowest BCUT2D eigenvalue weighted by atomic mass is 10.0. The second-order valence-electron chi connectivity index (χ2n) is 5.87. The molecule has 24 heavy (non-hydrogen) atoms. The van der Waals surface area contributed by atoms with Crippen molar-refractivity contribution in [3.05, 3.63) is 77.4 Å². The van der Waals surface area contributed by atoms with Crippen molar-refractivity contribution < 1.29 is 19.1 Å². The highest BCUT2D eigenvalue weighted by Gasteiger charge is 2.42. The van der Waals surface area contributed by atoms with E-state index < -0.39 is 17.7 Å². The number of rotatable bonds is 4. The Bertz CT molecular complexity index is 743. The number of carbonyl (C=O) groups is 2. The predicted molar refractivity (Wildman–Crippen MR) is 89.8 cm³/mol. The summed E-state index contributed by atoms with van der Waals surface area (Å²) in [5.74, 6) is -2.53. The summed E-state index contributed by atoms with van der Waals surface area (Å²) in [5.41, 5.74) is 1.75. The first-order valence-corrected chi connectivity index (χ1v) is 7.83. The number of carbonyl (C=O) groups excluding carboxylic acids is 2.